The average Bonchev–Trinajstić information content (AvgIpc) is 3.13. The number of amides is 1. The zero-order valence-corrected chi connectivity index (χ0v) is 17.6. The summed E-state index contributed by atoms with van der Waals surface area (Å²) in [5.74, 6) is -0.0355. The van der Waals surface area contributed by atoms with Gasteiger partial charge in [0.2, 0.25) is 5.91 Å². The molecule has 152 valence electrons. The maximum absolute atomic E-state index is 13.0. The Bertz CT molecular complexity index is 1060. The molecule has 1 amide bonds. The Morgan fingerprint density at radius 3 is 2.83 bits per heavy atom. The highest BCUT2D eigenvalue weighted by Crippen LogP contribution is 2.33. The van der Waals surface area contributed by atoms with Crippen molar-refractivity contribution < 1.29 is 4.79 Å². The molecule has 0 fully saturated rings. The zero-order valence-electron chi connectivity index (χ0n) is 16.8. The normalized spacial score (nSPS) is 14.5. The fourth-order valence-corrected chi connectivity index (χ4v) is 5.34. The van der Waals surface area contributed by atoms with Gasteiger partial charge in [-0.2, -0.15) is 0 Å². The van der Waals surface area contributed by atoms with Crippen LogP contribution in [-0.4, -0.2) is 15.5 Å². The smallest absolute Gasteiger partial charge is 0.262 e. The second kappa shape index (κ2) is 8.91. The predicted molar refractivity (Wildman–Crippen MR) is 117 cm³/mol. The maximum Gasteiger partial charge on any atom is 0.262 e. The van der Waals surface area contributed by atoms with Crippen LogP contribution in [0.15, 0.2) is 41.5 Å². The first-order valence-electron chi connectivity index (χ1n) is 10.5. The number of hydrogen-bond acceptors (Lipinski definition) is 4. The molecule has 3 aromatic rings. The lowest BCUT2D eigenvalue weighted by Crippen LogP contribution is -2.30. The minimum absolute atomic E-state index is 0.00429. The van der Waals surface area contributed by atoms with Crippen LogP contribution in [0, 0.1) is 0 Å². The summed E-state index contributed by atoms with van der Waals surface area (Å²) in [4.78, 5) is 32.3. The summed E-state index contributed by atoms with van der Waals surface area (Å²) in [7, 11) is 0. The van der Waals surface area contributed by atoms with Gasteiger partial charge in [-0.1, -0.05) is 43.7 Å². The fourth-order valence-electron chi connectivity index (χ4n) is 4.13. The van der Waals surface area contributed by atoms with Crippen molar-refractivity contribution in [3.63, 3.8) is 0 Å². The molecular formula is C23H27N3O2S. The van der Waals surface area contributed by atoms with Crippen LogP contribution in [0.5, 0.6) is 0 Å². The van der Waals surface area contributed by atoms with Crippen LogP contribution in [0.3, 0.4) is 0 Å². The van der Waals surface area contributed by atoms with Crippen LogP contribution in [0.25, 0.3) is 10.2 Å². The maximum atomic E-state index is 13.0. The standard InChI is InChI=1S/C23H27N3O2S/c1-2-8-18(16-9-4-3-5-10-16)25-20(27)13-14-26-15-24-22-21(23(26)28)17-11-6-7-12-19(17)29-22/h3-5,9-10,15,18H,2,6-8,11-14H2,1H3,(H,25,27). The van der Waals surface area contributed by atoms with Crippen molar-refractivity contribution in [2.24, 2.45) is 0 Å². The molecule has 1 unspecified atom stereocenters. The molecule has 1 aromatic carbocycles. The molecule has 1 aliphatic rings. The Morgan fingerprint density at radius 2 is 2.03 bits per heavy atom. The van der Waals surface area contributed by atoms with E-state index in [0.29, 0.717) is 6.54 Å². The topological polar surface area (TPSA) is 64.0 Å². The second-order valence-corrected chi connectivity index (χ2v) is 8.79. The minimum Gasteiger partial charge on any atom is -0.349 e. The number of carbonyl (C=O) groups is 1. The number of aromatic nitrogens is 2. The van der Waals surface area contributed by atoms with Gasteiger partial charge in [0.05, 0.1) is 17.8 Å². The quantitative estimate of drug-likeness (QED) is 0.630. The fraction of sp³-hybridized carbons (Fsp3) is 0.435. The third kappa shape index (κ3) is 4.27. The van der Waals surface area contributed by atoms with E-state index in [1.165, 1.54) is 16.9 Å². The number of nitrogens with zero attached hydrogens (tertiary/aromatic N) is 2. The number of fused-ring (bicyclic) bond motifs is 3. The summed E-state index contributed by atoms with van der Waals surface area (Å²) < 4.78 is 1.60. The van der Waals surface area contributed by atoms with Crippen LogP contribution in [0.1, 0.15) is 61.1 Å². The monoisotopic (exact) mass is 409 g/mol. The van der Waals surface area contributed by atoms with Crippen LogP contribution < -0.4 is 10.9 Å². The molecule has 2 aromatic heterocycles. The molecule has 0 radical (unpaired) electrons. The van der Waals surface area contributed by atoms with Crippen molar-refractivity contribution in [3.05, 3.63) is 63.0 Å². The van der Waals surface area contributed by atoms with Gasteiger partial charge in [-0.25, -0.2) is 4.98 Å². The summed E-state index contributed by atoms with van der Waals surface area (Å²) in [6.07, 6.45) is 8.09. The molecule has 1 aliphatic carbocycles. The molecule has 1 atom stereocenters. The van der Waals surface area contributed by atoms with E-state index in [2.05, 4.69) is 17.2 Å². The minimum atomic E-state index is -0.0355. The highest BCUT2D eigenvalue weighted by atomic mass is 32.1. The summed E-state index contributed by atoms with van der Waals surface area (Å²) >= 11 is 1.65. The van der Waals surface area contributed by atoms with Crippen molar-refractivity contribution in [1.82, 2.24) is 14.9 Å². The Kier molecular flexibility index (Phi) is 6.09. The first-order chi connectivity index (χ1) is 14.2. The van der Waals surface area contributed by atoms with E-state index in [1.807, 2.05) is 30.3 Å². The molecule has 0 spiro atoms. The van der Waals surface area contributed by atoms with Gasteiger partial charge in [0.1, 0.15) is 4.83 Å². The summed E-state index contributed by atoms with van der Waals surface area (Å²) in [6, 6.07) is 10.1. The second-order valence-electron chi connectivity index (χ2n) is 7.70. The largest absolute Gasteiger partial charge is 0.349 e. The first kappa shape index (κ1) is 19.8. The van der Waals surface area contributed by atoms with Crippen molar-refractivity contribution in [2.45, 2.75) is 64.5 Å². The molecule has 1 N–H and O–H groups in total. The average molecular weight is 410 g/mol. The third-order valence-electron chi connectivity index (χ3n) is 5.64. The number of rotatable bonds is 7. The molecule has 0 aliphatic heterocycles. The van der Waals surface area contributed by atoms with E-state index < -0.39 is 0 Å². The van der Waals surface area contributed by atoms with Crippen molar-refractivity contribution >= 4 is 27.5 Å². The van der Waals surface area contributed by atoms with Crippen LogP contribution in [-0.2, 0) is 24.2 Å². The SMILES string of the molecule is CCCC(NC(=O)CCn1cnc2sc3c(c2c1=O)CCCC3)c1ccccc1. The molecule has 29 heavy (non-hydrogen) atoms. The number of hydrogen-bond donors (Lipinski definition) is 1. The number of carbonyl (C=O) groups excluding carboxylic acids is 1. The predicted octanol–water partition coefficient (Wildman–Crippen LogP) is 4.38. The molecule has 0 bridgehead atoms. The van der Waals surface area contributed by atoms with Gasteiger partial charge in [0, 0.05) is 17.8 Å². The van der Waals surface area contributed by atoms with E-state index in [-0.39, 0.29) is 23.9 Å². The van der Waals surface area contributed by atoms with Crippen LogP contribution in [0.4, 0.5) is 0 Å². The zero-order chi connectivity index (χ0) is 20.2. The highest BCUT2D eigenvalue weighted by molar-refractivity contribution is 7.18. The van der Waals surface area contributed by atoms with Gasteiger partial charge in [-0.3, -0.25) is 14.2 Å². The highest BCUT2D eigenvalue weighted by Gasteiger charge is 2.20. The Hall–Kier alpha value is -2.47. The van der Waals surface area contributed by atoms with Crippen molar-refractivity contribution in [1.29, 1.82) is 0 Å². The molecule has 6 heteroatoms. The summed E-state index contributed by atoms with van der Waals surface area (Å²) in [5, 5.41) is 3.91. The number of aryl methyl sites for hydroxylation is 3. The first-order valence-corrected chi connectivity index (χ1v) is 11.3. The van der Waals surface area contributed by atoms with Crippen LogP contribution in [0.2, 0.25) is 0 Å². The molecule has 0 saturated heterocycles. The Morgan fingerprint density at radius 1 is 1.24 bits per heavy atom. The molecule has 2 heterocycles. The lowest BCUT2D eigenvalue weighted by Gasteiger charge is -2.19. The van der Waals surface area contributed by atoms with E-state index >= 15 is 0 Å². The summed E-state index contributed by atoms with van der Waals surface area (Å²) in [6.45, 7) is 2.47. The van der Waals surface area contributed by atoms with Crippen LogP contribution >= 0.6 is 11.3 Å². The third-order valence-corrected chi connectivity index (χ3v) is 6.84. The van der Waals surface area contributed by atoms with E-state index in [9.17, 15) is 9.59 Å². The molecule has 5 nitrogen and oxygen atoms in total. The molecule has 0 saturated carbocycles. The van der Waals surface area contributed by atoms with Gasteiger partial charge in [-0.05, 0) is 43.2 Å². The Balaban J connectivity index is 1.47. The molecule has 4 rings (SSSR count). The number of nitrogens with one attached hydrogen (secondary N) is 1. The molecular weight excluding hydrogens is 382 g/mol. The van der Waals surface area contributed by atoms with E-state index in [1.54, 1.807) is 22.2 Å². The van der Waals surface area contributed by atoms with Gasteiger partial charge in [-0.15, -0.1) is 11.3 Å². The number of thiophene rings is 1. The van der Waals surface area contributed by atoms with E-state index in [0.717, 1.165) is 47.9 Å². The summed E-state index contributed by atoms with van der Waals surface area (Å²) in [5.41, 5.74) is 2.31. The number of benzene rings is 1. The van der Waals surface area contributed by atoms with Crippen molar-refractivity contribution in [3.8, 4) is 0 Å². The van der Waals surface area contributed by atoms with Crippen molar-refractivity contribution in [2.75, 3.05) is 0 Å². The van der Waals surface area contributed by atoms with E-state index in [4.69, 9.17) is 0 Å². The van der Waals surface area contributed by atoms with Gasteiger partial charge in [0.15, 0.2) is 0 Å². The Labute approximate surface area is 174 Å². The van der Waals surface area contributed by atoms with Gasteiger partial charge in [0.25, 0.3) is 5.56 Å². The lowest BCUT2D eigenvalue weighted by molar-refractivity contribution is -0.122. The van der Waals surface area contributed by atoms with Gasteiger partial charge >= 0.3 is 0 Å². The van der Waals surface area contributed by atoms with Gasteiger partial charge < -0.3 is 5.32 Å². The lowest BCUT2D eigenvalue weighted by atomic mass is 9.97.